The van der Waals surface area contributed by atoms with E-state index in [0.29, 0.717) is 18.7 Å². The molecule has 8 nitrogen and oxygen atoms in total. The van der Waals surface area contributed by atoms with Crippen LogP contribution in [0.15, 0.2) is 17.7 Å². The van der Waals surface area contributed by atoms with Crippen molar-refractivity contribution in [2.24, 2.45) is 0 Å². The van der Waals surface area contributed by atoms with Gasteiger partial charge in [0.2, 0.25) is 5.88 Å². The van der Waals surface area contributed by atoms with Crippen LogP contribution in [0.3, 0.4) is 0 Å². The van der Waals surface area contributed by atoms with Gasteiger partial charge in [0.25, 0.3) is 5.91 Å². The van der Waals surface area contributed by atoms with Gasteiger partial charge in [-0.05, 0) is 39.0 Å². The van der Waals surface area contributed by atoms with Gasteiger partial charge < -0.3 is 15.2 Å². The van der Waals surface area contributed by atoms with Crippen molar-refractivity contribution in [3.05, 3.63) is 29.1 Å². The van der Waals surface area contributed by atoms with E-state index in [1.165, 1.54) is 12.3 Å². The number of hydrogen-bond acceptors (Lipinski definition) is 7. The molecular formula is C21H31N3O5S. The van der Waals surface area contributed by atoms with E-state index in [4.69, 9.17) is 4.74 Å². The van der Waals surface area contributed by atoms with E-state index in [2.05, 4.69) is 15.3 Å². The zero-order valence-corrected chi connectivity index (χ0v) is 18.4. The van der Waals surface area contributed by atoms with Crippen LogP contribution in [0, 0.1) is 0 Å². The summed E-state index contributed by atoms with van der Waals surface area (Å²) >= 11 is 0. The summed E-state index contributed by atoms with van der Waals surface area (Å²) in [5, 5.41) is 14.1. The van der Waals surface area contributed by atoms with Gasteiger partial charge in [-0.1, -0.05) is 25.3 Å². The highest BCUT2D eigenvalue weighted by molar-refractivity contribution is 7.93. The van der Waals surface area contributed by atoms with Gasteiger partial charge >= 0.3 is 0 Å². The highest BCUT2D eigenvalue weighted by Crippen LogP contribution is 2.34. The molecule has 1 unspecified atom stereocenters. The number of nitrogens with one attached hydrogen (secondary N) is 1. The average molecular weight is 438 g/mol. The molecule has 2 N–H and O–H groups in total. The van der Waals surface area contributed by atoms with Gasteiger partial charge in [0, 0.05) is 29.8 Å². The number of rotatable bonds is 7. The SMILES string of the molecule is CC(/C=C/S(C)(=O)=O)NC(=O)c1cnc(C2CCCC2)nc1O[C@@H]1CCCC[C@@H]1O. The van der Waals surface area contributed by atoms with Crippen LogP contribution in [-0.4, -0.2) is 53.9 Å². The number of carbonyl (C=O) groups excluding carboxylic acids is 1. The predicted molar refractivity (Wildman–Crippen MR) is 113 cm³/mol. The van der Waals surface area contributed by atoms with Crippen molar-refractivity contribution in [2.45, 2.75) is 82.5 Å². The Labute approximate surface area is 178 Å². The molecular weight excluding hydrogens is 406 g/mol. The Morgan fingerprint density at radius 2 is 1.90 bits per heavy atom. The predicted octanol–water partition coefficient (Wildman–Crippen LogP) is 2.49. The minimum Gasteiger partial charge on any atom is -0.471 e. The second-order valence-corrected chi connectivity index (χ2v) is 10.3. The Bertz CT molecular complexity index is 881. The fraction of sp³-hybridized carbons (Fsp3) is 0.667. The molecule has 0 saturated heterocycles. The molecule has 3 rings (SSSR count). The van der Waals surface area contributed by atoms with Gasteiger partial charge in [-0.25, -0.2) is 13.4 Å². The van der Waals surface area contributed by atoms with E-state index in [-0.39, 0.29) is 17.4 Å². The van der Waals surface area contributed by atoms with Crippen molar-refractivity contribution in [3.8, 4) is 5.88 Å². The van der Waals surface area contributed by atoms with Crippen molar-refractivity contribution in [2.75, 3.05) is 6.26 Å². The van der Waals surface area contributed by atoms with Crippen LogP contribution in [0.4, 0.5) is 0 Å². The van der Waals surface area contributed by atoms with Crippen molar-refractivity contribution >= 4 is 15.7 Å². The molecule has 2 saturated carbocycles. The lowest BCUT2D eigenvalue weighted by atomic mass is 9.95. The van der Waals surface area contributed by atoms with Crippen molar-refractivity contribution in [1.82, 2.24) is 15.3 Å². The molecule has 2 aliphatic carbocycles. The number of amides is 1. The monoisotopic (exact) mass is 437 g/mol. The molecule has 1 aromatic rings. The van der Waals surface area contributed by atoms with Gasteiger partial charge in [0.1, 0.15) is 17.5 Å². The summed E-state index contributed by atoms with van der Waals surface area (Å²) in [5.74, 6) is 0.681. The van der Waals surface area contributed by atoms with Crippen LogP contribution in [0.25, 0.3) is 0 Å². The Hall–Kier alpha value is -2.00. The Morgan fingerprint density at radius 3 is 2.57 bits per heavy atom. The second-order valence-electron chi connectivity index (χ2n) is 8.36. The van der Waals surface area contributed by atoms with Gasteiger partial charge in [-0.2, -0.15) is 4.98 Å². The van der Waals surface area contributed by atoms with Crippen LogP contribution in [0.2, 0.25) is 0 Å². The highest BCUT2D eigenvalue weighted by Gasteiger charge is 2.29. The topological polar surface area (TPSA) is 118 Å². The number of aliphatic hydroxyl groups excluding tert-OH is 1. The summed E-state index contributed by atoms with van der Waals surface area (Å²) in [6.45, 7) is 1.68. The maximum absolute atomic E-state index is 12.8. The summed E-state index contributed by atoms with van der Waals surface area (Å²) in [7, 11) is -3.28. The molecule has 0 aliphatic heterocycles. The minimum atomic E-state index is -3.28. The Kier molecular flexibility index (Phi) is 7.46. The molecule has 1 aromatic heterocycles. The fourth-order valence-electron chi connectivity index (χ4n) is 3.96. The molecule has 166 valence electrons. The summed E-state index contributed by atoms with van der Waals surface area (Å²) in [6.07, 6.45) is 10.6. The molecule has 1 amide bonds. The molecule has 0 bridgehead atoms. The molecule has 2 aliphatic rings. The maximum Gasteiger partial charge on any atom is 0.258 e. The lowest BCUT2D eigenvalue weighted by Gasteiger charge is -2.28. The third-order valence-corrected chi connectivity index (χ3v) is 6.29. The van der Waals surface area contributed by atoms with Crippen molar-refractivity contribution in [1.29, 1.82) is 0 Å². The number of carbonyl (C=O) groups is 1. The van der Waals surface area contributed by atoms with E-state index >= 15 is 0 Å². The van der Waals surface area contributed by atoms with Gasteiger partial charge in [-0.15, -0.1) is 0 Å². The lowest BCUT2D eigenvalue weighted by molar-refractivity contribution is 0.00378. The number of nitrogens with zero attached hydrogens (tertiary/aromatic N) is 2. The fourth-order valence-corrected chi connectivity index (χ4v) is 4.48. The summed E-state index contributed by atoms with van der Waals surface area (Å²) in [5.41, 5.74) is 0.189. The molecule has 3 atom stereocenters. The number of aliphatic hydroxyl groups is 1. The van der Waals surface area contributed by atoms with Gasteiger partial charge in [-0.3, -0.25) is 4.79 Å². The third-order valence-electron chi connectivity index (χ3n) is 5.64. The molecule has 0 aromatic carbocycles. The molecule has 9 heteroatoms. The molecule has 30 heavy (non-hydrogen) atoms. The highest BCUT2D eigenvalue weighted by atomic mass is 32.2. The second kappa shape index (κ2) is 9.87. The number of ether oxygens (including phenoxy) is 1. The Balaban J connectivity index is 1.82. The normalized spacial score (nSPS) is 24.1. The standard InChI is InChI=1S/C21H31N3O5S/c1-14(11-12-30(2,27)28)23-20(26)16-13-22-19(15-7-3-4-8-15)24-21(16)29-18-10-6-5-9-17(18)25/h11-15,17-18,25H,3-10H2,1-2H3,(H,23,26)/b12-11+/t14?,17-,18+/m0/s1. The van der Waals surface area contributed by atoms with Crippen molar-refractivity contribution in [3.63, 3.8) is 0 Å². The smallest absolute Gasteiger partial charge is 0.258 e. The minimum absolute atomic E-state index is 0.189. The molecule has 0 radical (unpaired) electrons. The molecule has 1 heterocycles. The van der Waals surface area contributed by atoms with Crippen LogP contribution in [0.5, 0.6) is 5.88 Å². The Morgan fingerprint density at radius 1 is 1.23 bits per heavy atom. The summed E-state index contributed by atoms with van der Waals surface area (Å²) in [6, 6.07) is -0.505. The van der Waals surface area contributed by atoms with E-state index in [1.807, 2.05) is 0 Å². The first-order valence-electron chi connectivity index (χ1n) is 10.6. The van der Waals surface area contributed by atoms with E-state index in [1.54, 1.807) is 6.92 Å². The summed E-state index contributed by atoms with van der Waals surface area (Å²) < 4.78 is 28.6. The van der Waals surface area contributed by atoms with Crippen LogP contribution >= 0.6 is 0 Å². The van der Waals surface area contributed by atoms with E-state index in [9.17, 15) is 18.3 Å². The van der Waals surface area contributed by atoms with Gasteiger partial charge in [0.15, 0.2) is 9.84 Å². The van der Waals surface area contributed by atoms with Crippen LogP contribution in [-0.2, 0) is 9.84 Å². The number of aromatic nitrogens is 2. The first-order valence-corrected chi connectivity index (χ1v) is 12.6. The zero-order valence-electron chi connectivity index (χ0n) is 17.6. The largest absolute Gasteiger partial charge is 0.471 e. The maximum atomic E-state index is 12.8. The average Bonchev–Trinajstić information content (AvgIpc) is 3.22. The van der Waals surface area contributed by atoms with Crippen LogP contribution in [0.1, 0.15) is 80.4 Å². The lowest BCUT2D eigenvalue weighted by Crippen LogP contribution is -2.36. The van der Waals surface area contributed by atoms with Gasteiger partial charge in [0.05, 0.1) is 6.10 Å². The zero-order chi connectivity index (χ0) is 21.7. The molecule has 2 fully saturated rings. The quantitative estimate of drug-likeness (QED) is 0.673. The first-order chi connectivity index (χ1) is 14.2. The number of hydrogen-bond donors (Lipinski definition) is 2. The number of sulfone groups is 1. The van der Waals surface area contributed by atoms with Crippen LogP contribution < -0.4 is 10.1 Å². The molecule has 0 spiro atoms. The van der Waals surface area contributed by atoms with Crippen molar-refractivity contribution < 1.29 is 23.1 Å². The summed E-state index contributed by atoms with van der Waals surface area (Å²) in [4.78, 5) is 21.8. The van der Waals surface area contributed by atoms with E-state index in [0.717, 1.165) is 50.2 Å². The first kappa shape index (κ1) is 22.7. The third kappa shape index (κ3) is 6.25. The van der Waals surface area contributed by atoms with E-state index < -0.39 is 34.0 Å².